The standard InChI is InChI=1S/C18H13ClFN5O3/c19-12-5-3-11(4-6-12)14(20)8-25-18(27)28-15(23-25)9-24-10-22-16-13(17(24)26)2-1-7-21-16/h1-7,10,14H,8-9H2/t14-/m0/s1. The molecule has 0 aliphatic carbocycles. The Hall–Kier alpha value is -3.33. The summed E-state index contributed by atoms with van der Waals surface area (Å²) in [5.74, 6) is -0.837. The summed E-state index contributed by atoms with van der Waals surface area (Å²) in [4.78, 5) is 32.6. The Labute approximate surface area is 161 Å². The van der Waals surface area contributed by atoms with E-state index in [1.807, 2.05) is 0 Å². The molecule has 0 unspecified atom stereocenters. The molecule has 3 heterocycles. The first kappa shape index (κ1) is 18.1. The largest absolute Gasteiger partial charge is 0.437 e. The van der Waals surface area contributed by atoms with Gasteiger partial charge in [0.25, 0.3) is 5.56 Å². The third kappa shape index (κ3) is 3.56. The predicted molar refractivity (Wildman–Crippen MR) is 99.0 cm³/mol. The molecule has 0 aliphatic heterocycles. The van der Waals surface area contributed by atoms with E-state index in [0.29, 0.717) is 21.6 Å². The van der Waals surface area contributed by atoms with Gasteiger partial charge in [0.1, 0.15) is 19.0 Å². The second-order valence-electron chi connectivity index (χ2n) is 6.02. The molecule has 0 saturated carbocycles. The van der Waals surface area contributed by atoms with Gasteiger partial charge in [-0.3, -0.25) is 9.36 Å². The van der Waals surface area contributed by atoms with E-state index in [4.69, 9.17) is 16.0 Å². The van der Waals surface area contributed by atoms with Gasteiger partial charge in [-0.2, -0.15) is 4.68 Å². The number of fused-ring (bicyclic) bond motifs is 1. The predicted octanol–water partition coefficient (Wildman–Crippen LogP) is 2.35. The van der Waals surface area contributed by atoms with Gasteiger partial charge in [0.2, 0.25) is 5.89 Å². The quantitative estimate of drug-likeness (QED) is 0.509. The summed E-state index contributed by atoms with van der Waals surface area (Å²) < 4.78 is 21.6. The van der Waals surface area contributed by atoms with E-state index >= 15 is 0 Å². The van der Waals surface area contributed by atoms with Crippen molar-refractivity contribution in [1.29, 1.82) is 0 Å². The highest BCUT2D eigenvalue weighted by molar-refractivity contribution is 6.30. The van der Waals surface area contributed by atoms with Crippen LogP contribution in [0.15, 0.2) is 62.9 Å². The first-order chi connectivity index (χ1) is 13.5. The lowest BCUT2D eigenvalue weighted by Gasteiger charge is -2.07. The number of pyridine rings is 1. The van der Waals surface area contributed by atoms with E-state index in [1.54, 1.807) is 24.3 Å². The number of nitrogens with zero attached hydrogens (tertiary/aromatic N) is 5. The third-order valence-electron chi connectivity index (χ3n) is 4.12. The topological polar surface area (TPSA) is 95.8 Å². The molecule has 0 aliphatic rings. The second-order valence-corrected chi connectivity index (χ2v) is 6.45. The van der Waals surface area contributed by atoms with Crippen molar-refractivity contribution in [3.05, 3.63) is 86.3 Å². The number of halogens is 2. The molecule has 142 valence electrons. The average molecular weight is 402 g/mol. The maximum Gasteiger partial charge on any atom is 0.437 e. The summed E-state index contributed by atoms with van der Waals surface area (Å²) in [5.41, 5.74) is 0.335. The zero-order valence-electron chi connectivity index (χ0n) is 14.3. The molecule has 4 aromatic rings. The SMILES string of the molecule is O=c1c2cccnc2ncn1Cc1nn(C[C@H](F)c2ccc(Cl)cc2)c(=O)o1. The van der Waals surface area contributed by atoms with Crippen molar-refractivity contribution in [1.82, 2.24) is 24.3 Å². The Morgan fingerprint density at radius 3 is 2.71 bits per heavy atom. The number of aromatic nitrogens is 5. The van der Waals surface area contributed by atoms with Crippen molar-refractivity contribution in [3.8, 4) is 0 Å². The summed E-state index contributed by atoms with van der Waals surface area (Å²) in [7, 11) is 0. The first-order valence-electron chi connectivity index (χ1n) is 8.28. The van der Waals surface area contributed by atoms with E-state index in [9.17, 15) is 14.0 Å². The van der Waals surface area contributed by atoms with Crippen molar-refractivity contribution in [2.24, 2.45) is 0 Å². The van der Waals surface area contributed by atoms with Gasteiger partial charge in [-0.15, -0.1) is 5.10 Å². The third-order valence-corrected chi connectivity index (χ3v) is 4.37. The molecular formula is C18H13ClFN5O3. The van der Waals surface area contributed by atoms with Gasteiger partial charge in [-0.1, -0.05) is 23.7 Å². The van der Waals surface area contributed by atoms with Crippen LogP contribution in [0.25, 0.3) is 11.0 Å². The maximum absolute atomic E-state index is 14.5. The first-order valence-corrected chi connectivity index (χ1v) is 8.65. The fraction of sp³-hybridized carbons (Fsp3) is 0.167. The van der Waals surface area contributed by atoms with Gasteiger partial charge < -0.3 is 4.42 Å². The fourth-order valence-corrected chi connectivity index (χ4v) is 2.84. The zero-order chi connectivity index (χ0) is 19.7. The summed E-state index contributed by atoms with van der Waals surface area (Å²) in [5, 5.41) is 4.80. The zero-order valence-corrected chi connectivity index (χ0v) is 15.1. The smallest absolute Gasteiger partial charge is 0.390 e. The molecule has 0 saturated heterocycles. The summed E-state index contributed by atoms with van der Waals surface area (Å²) in [6.45, 7) is -0.435. The molecule has 28 heavy (non-hydrogen) atoms. The Balaban J connectivity index is 1.56. The van der Waals surface area contributed by atoms with E-state index in [0.717, 1.165) is 4.68 Å². The molecule has 3 aromatic heterocycles. The summed E-state index contributed by atoms with van der Waals surface area (Å²) >= 11 is 5.79. The van der Waals surface area contributed by atoms with Crippen molar-refractivity contribution < 1.29 is 8.81 Å². The van der Waals surface area contributed by atoms with Crippen LogP contribution in [0.2, 0.25) is 5.02 Å². The van der Waals surface area contributed by atoms with Gasteiger partial charge in [0.05, 0.1) is 11.9 Å². The highest BCUT2D eigenvalue weighted by atomic mass is 35.5. The Bertz CT molecular complexity index is 1250. The Kier molecular flexibility index (Phi) is 4.74. The van der Waals surface area contributed by atoms with Crippen LogP contribution in [-0.2, 0) is 13.1 Å². The molecule has 0 bridgehead atoms. The molecule has 10 heteroatoms. The molecule has 0 spiro atoms. The van der Waals surface area contributed by atoms with E-state index in [-0.39, 0.29) is 24.5 Å². The Morgan fingerprint density at radius 2 is 1.93 bits per heavy atom. The van der Waals surface area contributed by atoms with Gasteiger partial charge >= 0.3 is 5.76 Å². The van der Waals surface area contributed by atoms with Crippen molar-refractivity contribution in [2.75, 3.05) is 0 Å². The van der Waals surface area contributed by atoms with Crippen LogP contribution in [0, 0.1) is 0 Å². The van der Waals surface area contributed by atoms with Crippen molar-refractivity contribution in [2.45, 2.75) is 19.3 Å². The molecule has 1 aromatic carbocycles. The van der Waals surface area contributed by atoms with Crippen LogP contribution in [0.4, 0.5) is 4.39 Å². The van der Waals surface area contributed by atoms with Crippen LogP contribution in [0.1, 0.15) is 17.6 Å². The van der Waals surface area contributed by atoms with Crippen LogP contribution < -0.4 is 11.3 Å². The van der Waals surface area contributed by atoms with E-state index in [2.05, 4.69) is 15.1 Å². The van der Waals surface area contributed by atoms with Crippen LogP contribution in [-0.4, -0.2) is 24.3 Å². The number of hydrogen-bond acceptors (Lipinski definition) is 6. The average Bonchev–Trinajstić information content (AvgIpc) is 3.03. The molecule has 0 fully saturated rings. The summed E-state index contributed by atoms with van der Waals surface area (Å²) in [6.07, 6.45) is 1.36. The van der Waals surface area contributed by atoms with E-state index in [1.165, 1.54) is 29.2 Å². The lowest BCUT2D eigenvalue weighted by Crippen LogP contribution is -2.22. The number of hydrogen-bond donors (Lipinski definition) is 0. The fourth-order valence-electron chi connectivity index (χ4n) is 2.71. The minimum Gasteiger partial charge on any atom is -0.390 e. The normalized spacial score (nSPS) is 12.4. The highest BCUT2D eigenvalue weighted by Gasteiger charge is 2.16. The highest BCUT2D eigenvalue weighted by Crippen LogP contribution is 2.20. The number of alkyl halides is 1. The lowest BCUT2D eigenvalue weighted by atomic mass is 10.1. The van der Waals surface area contributed by atoms with Crippen LogP contribution >= 0.6 is 11.6 Å². The van der Waals surface area contributed by atoms with Crippen LogP contribution in [0.5, 0.6) is 0 Å². The van der Waals surface area contributed by atoms with Gasteiger partial charge in [-0.25, -0.2) is 19.2 Å². The molecule has 4 rings (SSSR count). The number of rotatable bonds is 5. The van der Waals surface area contributed by atoms with Crippen LogP contribution in [0.3, 0.4) is 0 Å². The van der Waals surface area contributed by atoms with Crippen molar-refractivity contribution in [3.63, 3.8) is 0 Å². The van der Waals surface area contributed by atoms with E-state index < -0.39 is 11.9 Å². The maximum atomic E-state index is 14.5. The Morgan fingerprint density at radius 1 is 1.14 bits per heavy atom. The minimum atomic E-state index is -1.47. The molecule has 1 atom stereocenters. The van der Waals surface area contributed by atoms with Gasteiger partial charge in [0.15, 0.2) is 5.65 Å². The molecule has 0 N–H and O–H groups in total. The monoisotopic (exact) mass is 401 g/mol. The molecule has 0 radical (unpaired) electrons. The minimum absolute atomic E-state index is 0.0274. The molecule has 8 nitrogen and oxygen atoms in total. The van der Waals surface area contributed by atoms with Crippen molar-refractivity contribution >= 4 is 22.6 Å². The molecule has 0 amide bonds. The lowest BCUT2D eigenvalue weighted by molar-refractivity contribution is 0.283. The van der Waals surface area contributed by atoms with Gasteiger partial charge in [0, 0.05) is 11.2 Å². The summed E-state index contributed by atoms with van der Waals surface area (Å²) in [6, 6.07) is 9.43. The molecular weight excluding hydrogens is 389 g/mol. The second kappa shape index (κ2) is 7.35. The number of benzene rings is 1. The van der Waals surface area contributed by atoms with Gasteiger partial charge in [-0.05, 0) is 29.8 Å².